The maximum absolute atomic E-state index is 13.0. The minimum absolute atomic E-state index is 0.0173. The predicted octanol–water partition coefficient (Wildman–Crippen LogP) is 1.48. The number of hydrogen-bond donors (Lipinski definition) is 4. The van der Waals surface area contributed by atoms with Crippen molar-refractivity contribution in [3.63, 3.8) is 0 Å². The molecule has 0 unspecified atom stereocenters. The third-order valence-corrected chi connectivity index (χ3v) is 6.07. The van der Waals surface area contributed by atoms with Gasteiger partial charge in [0.05, 0.1) is 13.7 Å². The normalized spacial score (nSPS) is 28.8. The van der Waals surface area contributed by atoms with E-state index in [-0.39, 0.29) is 11.5 Å². The molecule has 1 saturated heterocycles. The first kappa shape index (κ1) is 23.4. The van der Waals surface area contributed by atoms with Crippen molar-refractivity contribution in [3.05, 3.63) is 64.7 Å². The molecule has 2 aromatic rings. The Morgan fingerprint density at radius 3 is 2.58 bits per heavy atom. The minimum atomic E-state index is -1.54. The smallest absolute Gasteiger partial charge is 0.229 e. The standard InChI is InChI=1S/C25H28O8/c1-31-19-12-14(11-16-7-4-6-15-5-2-3-8-17(15)21(16)27)9-10-18(19)32-25-24(30)23(29)22(28)20(13-26)33-25/h2-3,5,8-12,20,22-26,28-30H,4,6-7,13H2,1H3/b16-11-/t20-,22+,23+,24-,25-/m1/s1. The van der Waals surface area contributed by atoms with E-state index in [1.165, 1.54) is 7.11 Å². The molecule has 0 amide bonds. The Morgan fingerprint density at radius 2 is 1.82 bits per heavy atom. The third kappa shape index (κ3) is 4.80. The molecule has 5 atom stereocenters. The van der Waals surface area contributed by atoms with Crippen LogP contribution in [0.4, 0.5) is 0 Å². The van der Waals surface area contributed by atoms with E-state index in [4.69, 9.17) is 14.2 Å². The highest BCUT2D eigenvalue weighted by Gasteiger charge is 2.45. The third-order valence-electron chi connectivity index (χ3n) is 6.07. The number of carbonyl (C=O) groups excluding carboxylic acids is 1. The van der Waals surface area contributed by atoms with E-state index in [0.29, 0.717) is 17.7 Å². The van der Waals surface area contributed by atoms with E-state index < -0.39 is 37.3 Å². The average Bonchev–Trinajstić information content (AvgIpc) is 2.99. The van der Waals surface area contributed by atoms with Crippen LogP contribution in [0.15, 0.2) is 48.0 Å². The van der Waals surface area contributed by atoms with Crippen LogP contribution in [0.25, 0.3) is 6.08 Å². The van der Waals surface area contributed by atoms with E-state index in [1.807, 2.05) is 30.3 Å². The molecule has 8 heteroatoms. The van der Waals surface area contributed by atoms with E-state index >= 15 is 0 Å². The summed E-state index contributed by atoms with van der Waals surface area (Å²) in [6.07, 6.45) is -2.70. The molecule has 0 saturated carbocycles. The highest BCUT2D eigenvalue weighted by molar-refractivity contribution is 6.12. The second-order valence-electron chi connectivity index (χ2n) is 8.23. The molecular formula is C25H28O8. The lowest BCUT2D eigenvalue weighted by Gasteiger charge is -2.39. The van der Waals surface area contributed by atoms with Crippen LogP contribution in [0.1, 0.15) is 34.3 Å². The zero-order valence-corrected chi connectivity index (χ0v) is 18.3. The van der Waals surface area contributed by atoms with Crippen molar-refractivity contribution in [2.75, 3.05) is 13.7 Å². The van der Waals surface area contributed by atoms with Crippen LogP contribution in [0.3, 0.4) is 0 Å². The van der Waals surface area contributed by atoms with Gasteiger partial charge in [0.2, 0.25) is 6.29 Å². The second-order valence-corrected chi connectivity index (χ2v) is 8.23. The molecule has 33 heavy (non-hydrogen) atoms. The molecule has 176 valence electrons. The number of allylic oxidation sites excluding steroid dienone is 1. The fraction of sp³-hybridized carbons (Fsp3) is 0.400. The number of Topliss-reactive ketones (excluding diaryl/α,β-unsaturated/α-hetero) is 1. The monoisotopic (exact) mass is 456 g/mol. The fourth-order valence-corrected chi connectivity index (χ4v) is 4.22. The van der Waals surface area contributed by atoms with Crippen molar-refractivity contribution >= 4 is 11.9 Å². The summed E-state index contributed by atoms with van der Waals surface area (Å²) in [5.74, 6) is 0.591. The summed E-state index contributed by atoms with van der Waals surface area (Å²) >= 11 is 0. The molecule has 1 heterocycles. The summed E-state index contributed by atoms with van der Waals surface area (Å²) in [4.78, 5) is 13.0. The van der Waals surface area contributed by atoms with Crippen molar-refractivity contribution in [2.24, 2.45) is 0 Å². The van der Waals surface area contributed by atoms with Gasteiger partial charge in [0.1, 0.15) is 24.4 Å². The molecule has 0 spiro atoms. The molecular weight excluding hydrogens is 428 g/mol. The number of methoxy groups -OCH3 is 1. The van der Waals surface area contributed by atoms with Crippen LogP contribution in [0.2, 0.25) is 0 Å². The van der Waals surface area contributed by atoms with Gasteiger partial charge in [0.25, 0.3) is 0 Å². The molecule has 0 radical (unpaired) electrons. The Hall–Kier alpha value is -2.75. The van der Waals surface area contributed by atoms with Gasteiger partial charge < -0.3 is 34.6 Å². The number of rotatable bonds is 5. The lowest BCUT2D eigenvalue weighted by Crippen LogP contribution is -2.60. The number of benzene rings is 2. The molecule has 4 N–H and O–H groups in total. The number of aliphatic hydroxyl groups excluding tert-OH is 4. The predicted molar refractivity (Wildman–Crippen MR) is 119 cm³/mol. The van der Waals surface area contributed by atoms with Crippen molar-refractivity contribution in [1.29, 1.82) is 0 Å². The summed E-state index contributed by atoms with van der Waals surface area (Å²) in [5, 5.41) is 39.5. The van der Waals surface area contributed by atoms with Crippen LogP contribution in [0, 0.1) is 0 Å². The molecule has 2 aliphatic rings. The first-order chi connectivity index (χ1) is 15.9. The van der Waals surface area contributed by atoms with Gasteiger partial charge in [-0.1, -0.05) is 30.3 Å². The number of hydrogen-bond acceptors (Lipinski definition) is 8. The zero-order chi connectivity index (χ0) is 23.5. The molecule has 2 aromatic carbocycles. The van der Waals surface area contributed by atoms with Gasteiger partial charge in [-0.3, -0.25) is 4.79 Å². The van der Waals surface area contributed by atoms with Crippen LogP contribution in [-0.4, -0.2) is 70.6 Å². The maximum Gasteiger partial charge on any atom is 0.229 e. The van der Waals surface area contributed by atoms with Gasteiger partial charge in [-0.05, 0) is 48.6 Å². The van der Waals surface area contributed by atoms with Crippen LogP contribution in [-0.2, 0) is 11.2 Å². The first-order valence-corrected chi connectivity index (χ1v) is 10.9. The number of carbonyl (C=O) groups is 1. The molecule has 1 aliphatic heterocycles. The summed E-state index contributed by atoms with van der Waals surface area (Å²) in [5.41, 5.74) is 3.25. The SMILES string of the molecule is COc1cc(/C=C2/CCCc3ccccc3C2=O)ccc1O[C@@H]1O[C@H](CO)[C@H](O)[C@H](O)[C@H]1O. The molecule has 1 aliphatic carbocycles. The number of aryl methyl sites for hydroxylation is 1. The number of ether oxygens (including phenoxy) is 3. The Labute approximate surface area is 191 Å². The summed E-state index contributed by atoms with van der Waals surface area (Å²) in [6, 6.07) is 12.7. The van der Waals surface area contributed by atoms with Crippen molar-refractivity contribution < 1.29 is 39.4 Å². The highest BCUT2D eigenvalue weighted by Crippen LogP contribution is 2.33. The number of fused-ring (bicyclic) bond motifs is 1. The van der Waals surface area contributed by atoms with Crippen LogP contribution in [0.5, 0.6) is 11.5 Å². The minimum Gasteiger partial charge on any atom is -0.493 e. The van der Waals surface area contributed by atoms with Crippen LogP contribution < -0.4 is 9.47 Å². The fourth-order valence-electron chi connectivity index (χ4n) is 4.22. The molecule has 1 fully saturated rings. The van der Waals surface area contributed by atoms with E-state index in [9.17, 15) is 25.2 Å². The van der Waals surface area contributed by atoms with Crippen LogP contribution >= 0.6 is 0 Å². The topological polar surface area (TPSA) is 126 Å². The van der Waals surface area contributed by atoms with Gasteiger partial charge in [-0.15, -0.1) is 0 Å². The Balaban J connectivity index is 1.57. The Morgan fingerprint density at radius 1 is 1.03 bits per heavy atom. The maximum atomic E-state index is 13.0. The lowest BCUT2D eigenvalue weighted by atomic mass is 9.98. The van der Waals surface area contributed by atoms with E-state index in [2.05, 4.69) is 0 Å². The van der Waals surface area contributed by atoms with Gasteiger partial charge in [0.15, 0.2) is 17.3 Å². The van der Waals surface area contributed by atoms with Gasteiger partial charge in [0, 0.05) is 11.1 Å². The van der Waals surface area contributed by atoms with Crippen molar-refractivity contribution in [1.82, 2.24) is 0 Å². The molecule has 0 bridgehead atoms. The number of ketones is 1. The molecule has 0 aromatic heterocycles. The Kier molecular flexibility index (Phi) is 7.11. The van der Waals surface area contributed by atoms with Crippen molar-refractivity contribution in [2.45, 2.75) is 50.0 Å². The van der Waals surface area contributed by atoms with Gasteiger partial charge >= 0.3 is 0 Å². The molecule has 4 rings (SSSR count). The largest absolute Gasteiger partial charge is 0.493 e. The summed E-state index contributed by atoms with van der Waals surface area (Å²) in [7, 11) is 1.46. The van der Waals surface area contributed by atoms with Gasteiger partial charge in [-0.25, -0.2) is 0 Å². The average molecular weight is 456 g/mol. The summed E-state index contributed by atoms with van der Waals surface area (Å²) < 4.78 is 16.5. The second kappa shape index (κ2) is 10.0. The van der Waals surface area contributed by atoms with E-state index in [1.54, 1.807) is 18.2 Å². The quantitative estimate of drug-likeness (QED) is 0.394. The number of aliphatic hydroxyl groups is 4. The Bertz CT molecular complexity index is 1030. The lowest BCUT2D eigenvalue weighted by molar-refractivity contribution is -0.277. The summed E-state index contributed by atoms with van der Waals surface area (Å²) in [6.45, 7) is -0.550. The molecule has 8 nitrogen and oxygen atoms in total. The first-order valence-electron chi connectivity index (χ1n) is 10.9. The highest BCUT2D eigenvalue weighted by atomic mass is 16.7. The zero-order valence-electron chi connectivity index (χ0n) is 18.3. The van der Waals surface area contributed by atoms with Gasteiger partial charge in [-0.2, -0.15) is 0 Å². The van der Waals surface area contributed by atoms with E-state index in [0.717, 1.165) is 29.5 Å². The van der Waals surface area contributed by atoms with Crippen molar-refractivity contribution in [3.8, 4) is 11.5 Å².